The first-order valence-corrected chi connectivity index (χ1v) is 6.18. The predicted molar refractivity (Wildman–Crippen MR) is 70.2 cm³/mol. The molecule has 1 aliphatic heterocycles. The fraction of sp³-hybridized carbons (Fsp3) is 0.538. The first-order chi connectivity index (χ1) is 8.29. The maximum atomic E-state index is 8.93. The standard InChI is InChI=1S/C13H21N3O/c14-12(11-17)10-15-6-8-16(9-7-15)13-4-2-1-3-5-13/h1-5,12,17H,6-11,14H2/t12-/m1/s1. The number of benzene rings is 1. The number of anilines is 1. The van der Waals surface area contributed by atoms with Crippen molar-refractivity contribution in [2.24, 2.45) is 5.73 Å². The van der Waals surface area contributed by atoms with Crippen LogP contribution < -0.4 is 10.6 Å². The minimum atomic E-state index is -0.113. The van der Waals surface area contributed by atoms with Crippen LogP contribution >= 0.6 is 0 Å². The van der Waals surface area contributed by atoms with Crippen molar-refractivity contribution >= 4 is 5.69 Å². The van der Waals surface area contributed by atoms with E-state index in [-0.39, 0.29) is 12.6 Å². The molecule has 4 nitrogen and oxygen atoms in total. The van der Waals surface area contributed by atoms with Crippen molar-refractivity contribution in [3.8, 4) is 0 Å². The van der Waals surface area contributed by atoms with Crippen LogP contribution in [-0.4, -0.2) is 55.4 Å². The SMILES string of the molecule is N[C@@H](CO)CN1CCN(c2ccccc2)CC1. The van der Waals surface area contributed by atoms with E-state index in [1.54, 1.807) is 0 Å². The van der Waals surface area contributed by atoms with Gasteiger partial charge in [-0.2, -0.15) is 0 Å². The van der Waals surface area contributed by atoms with Gasteiger partial charge < -0.3 is 15.7 Å². The average Bonchev–Trinajstić information content (AvgIpc) is 2.40. The summed E-state index contributed by atoms with van der Waals surface area (Å²) in [6.07, 6.45) is 0. The van der Waals surface area contributed by atoms with Gasteiger partial charge in [-0.1, -0.05) is 18.2 Å². The molecule has 1 aromatic rings. The maximum Gasteiger partial charge on any atom is 0.0595 e. The Morgan fingerprint density at radius 1 is 1.12 bits per heavy atom. The maximum absolute atomic E-state index is 8.93. The smallest absolute Gasteiger partial charge is 0.0595 e. The molecule has 0 saturated carbocycles. The molecule has 1 aliphatic rings. The molecule has 94 valence electrons. The van der Waals surface area contributed by atoms with Crippen molar-refractivity contribution < 1.29 is 5.11 Å². The van der Waals surface area contributed by atoms with E-state index in [2.05, 4.69) is 34.1 Å². The Morgan fingerprint density at radius 2 is 1.76 bits per heavy atom. The summed E-state index contributed by atoms with van der Waals surface area (Å²) in [6, 6.07) is 10.4. The molecule has 17 heavy (non-hydrogen) atoms. The van der Waals surface area contributed by atoms with Crippen LogP contribution in [0.15, 0.2) is 30.3 Å². The molecule has 1 aromatic carbocycles. The van der Waals surface area contributed by atoms with Gasteiger partial charge in [-0.05, 0) is 12.1 Å². The molecule has 0 bridgehead atoms. The number of hydrogen-bond acceptors (Lipinski definition) is 4. The van der Waals surface area contributed by atoms with Gasteiger partial charge in [0.2, 0.25) is 0 Å². The lowest BCUT2D eigenvalue weighted by molar-refractivity contribution is 0.194. The largest absolute Gasteiger partial charge is 0.395 e. The van der Waals surface area contributed by atoms with E-state index in [1.165, 1.54) is 5.69 Å². The molecular formula is C13H21N3O. The van der Waals surface area contributed by atoms with Crippen LogP contribution in [0, 0.1) is 0 Å². The van der Waals surface area contributed by atoms with Gasteiger partial charge >= 0.3 is 0 Å². The lowest BCUT2D eigenvalue weighted by Gasteiger charge is -2.36. The second kappa shape index (κ2) is 6.00. The topological polar surface area (TPSA) is 52.7 Å². The molecular weight excluding hydrogens is 214 g/mol. The van der Waals surface area contributed by atoms with Crippen LogP contribution in [0.1, 0.15) is 0 Å². The van der Waals surface area contributed by atoms with E-state index in [0.29, 0.717) is 0 Å². The minimum absolute atomic E-state index is 0.0684. The van der Waals surface area contributed by atoms with Crippen LogP contribution in [0.2, 0.25) is 0 Å². The van der Waals surface area contributed by atoms with Crippen LogP contribution in [0.3, 0.4) is 0 Å². The van der Waals surface area contributed by atoms with Crippen molar-refractivity contribution in [1.82, 2.24) is 4.90 Å². The van der Waals surface area contributed by atoms with Crippen LogP contribution in [0.5, 0.6) is 0 Å². The quantitative estimate of drug-likeness (QED) is 0.779. The van der Waals surface area contributed by atoms with Crippen LogP contribution in [-0.2, 0) is 0 Å². The highest BCUT2D eigenvalue weighted by molar-refractivity contribution is 5.46. The molecule has 0 unspecified atom stereocenters. The molecule has 2 rings (SSSR count). The van der Waals surface area contributed by atoms with Gasteiger partial charge in [-0.3, -0.25) is 4.90 Å². The van der Waals surface area contributed by atoms with Gasteiger partial charge in [0.1, 0.15) is 0 Å². The monoisotopic (exact) mass is 235 g/mol. The highest BCUT2D eigenvalue weighted by Gasteiger charge is 2.18. The van der Waals surface area contributed by atoms with Gasteiger partial charge in [0.15, 0.2) is 0 Å². The predicted octanol–water partition coefficient (Wildman–Crippen LogP) is 0.128. The first kappa shape index (κ1) is 12.4. The Labute approximate surface area is 103 Å². The van der Waals surface area contributed by atoms with E-state index in [1.807, 2.05) is 6.07 Å². The molecule has 0 radical (unpaired) electrons. The summed E-state index contributed by atoms with van der Waals surface area (Å²) in [5.41, 5.74) is 7.03. The zero-order valence-corrected chi connectivity index (χ0v) is 10.1. The van der Waals surface area contributed by atoms with Gasteiger partial charge in [-0.25, -0.2) is 0 Å². The first-order valence-electron chi connectivity index (χ1n) is 6.18. The van der Waals surface area contributed by atoms with E-state index in [9.17, 15) is 0 Å². The number of aliphatic hydroxyl groups excluding tert-OH is 1. The molecule has 1 atom stereocenters. The molecule has 0 aliphatic carbocycles. The summed E-state index contributed by atoms with van der Waals surface area (Å²) in [5.74, 6) is 0. The molecule has 3 N–H and O–H groups in total. The summed E-state index contributed by atoms with van der Waals surface area (Å²) >= 11 is 0. The second-order valence-electron chi connectivity index (χ2n) is 4.57. The summed E-state index contributed by atoms with van der Waals surface area (Å²) in [5, 5.41) is 8.93. The average molecular weight is 235 g/mol. The van der Waals surface area contributed by atoms with Crippen molar-refractivity contribution in [3.63, 3.8) is 0 Å². The number of rotatable bonds is 4. The second-order valence-corrected chi connectivity index (χ2v) is 4.57. The van der Waals surface area contributed by atoms with E-state index >= 15 is 0 Å². The third kappa shape index (κ3) is 3.43. The Bertz CT molecular complexity index is 323. The summed E-state index contributed by atoms with van der Waals surface area (Å²) in [7, 11) is 0. The van der Waals surface area contributed by atoms with Crippen molar-refractivity contribution in [3.05, 3.63) is 30.3 Å². The number of hydrogen-bond donors (Lipinski definition) is 2. The lowest BCUT2D eigenvalue weighted by Crippen LogP contribution is -2.50. The number of aliphatic hydroxyl groups is 1. The van der Waals surface area contributed by atoms with Gasteiger partial charge in [0, 0.05) is 44.5 Å². The lowest BCUT2D eigenvalue weighted by atomic mass is 10.2. The summed E-state index contributed by atoms with van der Waals surface area (Å²) in [4.78, 5) is 4.71. The highest BCUT2D eigenvalue weighted by Crippen LogP contribution is 2.15. The Balaban J connectivity index is 1.82. The summed E-state index contributed by atoms with van der Waals surface area (Å²) < 4.78 is 0. The zero-order valence-electron chi connectivity index (χ0n) is 10.1. The molecule has 4 heteroatoms. The number of nitrogens with two attached hydrogens (primary N) is 1. The highest BCUT2D eigenvalue weighted by atomic mass is 16.3. The molecule has 0 aromatic heterocycles. The van der Waals surface area contributed by atoms with Gasteiger partial charge in [0.25, 0.3) is 0 Å². The van der Waals surface area contributed by atoms with Crippen molar-refractivity contribution in [2.45, 2.75) is 6.04 Å². The molecule has 1 heterocycles. The van der Waals surface area contributed by atoms with E-state index in [0.717, 1.165) is 32.7 Å². The molecule has 1 fully saturated rings. The fourth-order valence-electron chi connectivity index (χ4n) is 2.22. The van der Waals surface area contributed by atoms with Gasteiger partial charge in [0.05, 0.1) is 6.61 Å². The van der Waals surface area contributed by atoms with Gasteiger partial charge in [-0.15, -0.1) is 0 Å². The minimum Gasteiger partial charge on any atom is -0.395 e. The molecule has 0 spiro atoms. The van der Waals surface area contributed by atoms with E-state index < -0.39 is 0 Å². The number of para-hydroxylation sites is 1. The van der Waals surface area contributed by atoms with Crippen molar-refractivity contribution in [1.29, 1.82) is 0 Å². The summed E-state index contributed by atoms with van der Waals surface area (Å²) in [6.45, 7) is 4.95. The van der Waals surface area contributed by atoms with E-state index in [4.69, 9.17) is 10.8 Å². The Morgan fingerprint density at radius 3 is 2.35 bits per heavy atom. The van der Waals surface area contributed by atoms with Crippen LogP contribution in [0.25, 0.3) is 0 Å². The Hall–Kier alpha value is -1.10. The van der Waals surface area contributed by atoms with Crippen molar-refractivity contribution in [2.75, 3.05) is 44.2 Å². The normalized spacial score (nSPS) is 19.3. The third-order valence-corrected chi connectivity index (χ3v) is 3.22. The molecule has 1 saturated heterocycles. The fourth-order valence-corrected chi connectivity index (χ4v) is 2.22. The number of piperazine rings is 1. The zero-order chi connectivity index (χ0) is 12.1. The van der Waals surface area contributed by atoms with Crippen LogP contribution in [0.4, 0.5) is 5.69 Å². The molecule has 0 amide bonds. The number of nitrogens with zero attached hydrogens (tertiary/aromatic N) is 2. The third-order valence-electron chi connectivity index (χ3n) is 3.22. The Kier molecular flexibility index (Phi) is 4.36.